The molecular formula is C13H12BrN3O3S. The van der Waals surface area contributed by atoms with Crippen LogP contribution in [0.15, 0.2) is 28.1 Å². The van der Waals surface area contributed by atoms with Gasteiger partial charge >= 0.3 is 12.0 Å². The first-order valence-corrected chi connectivity index (χ1v) is 7.61. The lowest BCUT2D eigenvalue weighted by Crippen LogP contribution is -2.28. The van der Waals surface area contributed by atoms with Gasteiger partial charge in [0, 0.05) is 15.5 Å². The number of hydrogen-bond donors (Lipinski definition) is 3. The number of amides is 2. The fraction of sp³-hybridized carbons (Fsp3) is 0.154. The van der Waals surface area contributed by atoms with Crippen LogP contribution in [-0.2, 0) is 6.54 Å². The van der Waals surface area contributed by atoms with Gasteiger partial charge in [0.25, 0.3) is 0 Å². The SMILES string of the molecule is Cc1cc(Br)ccc1NC(=O)NCc1nc(C(=O)O)cs1. The van der Waals surface area contributed by atoms with E-state index in [2.05, 4.69) is 31.5 Å². The summed E-state index contributed by atoms with van der Waals surface area (Å²) >= 11 is 4.55. The quantitative estimate of drug-likeness (QED) is 0.771. The monoisotopic (exact) mass is 369 g/mol. The molecule has 0 aliphatic carbocycles. The van der Waals surface area contributed by atoms with E-state index < -0.39 is 5.97 Å². The summed E-state index contributed by atoms with van der Waals surface area (Å²) in [5, 5.41) is 16.1. The van der Waals surface area contributed by atoms with Gasteiger partial charge in [-0.25, -0.2) is 14.6 Å². The van der Waals surface area contributed by atoms with Crippen LogP contribution in [0, 0.1) is 6.92 Å². The minimum Gasteiger partial charge on any atom is -0.476 e. The van der Waals surface area contributed by atoms with Crippen LogP contribution in [0.25, 0.3) is 0 Å². The van der Waals surface area contributed by atoms with Crippen molar-refractivity contribution in [3.05, 3.63) is 44.3 Å². The van der Waals surface area contributed by atoms with Gasteiger partial charge in [-0.3, -0.25) is 0 Å². The van der Waals surface area contributed by atoms with Crippen LogP contribution >= 0.6 is 27.3 Å². The summed E-state index contributed by atoms with van der Waals surface area (Å²) in [7, 11) is 0. The predicted octanol–water partition coefficient (Wildman–Crippen LogP) is 3.23. The molecule has 2 rings (SSSR count). The number of nitrogens with zero attached hydrogens (tertiary/aromatic N) is 1. The van der Waals surface area contributed by atoms with Crippen molar-refractivity contribution in [2.45, 2.75) is 13.5 Å². The summed E-state index contributed by atoms with van der Waals surface area (Å²) in [5.41, 5.74) is 1.63. The predicted molar refractivity (Wildman–Crippen MR) is 83.8 cm³/mol. The number of nitrogens with one attached hydrogen (secondary N) is 2. The molecule has 0 aliphatic rings. The summed E-state index contributed by atoms with van der Waals surface area (Å²) in [6.07, 6.45) is 0. The number of aromatic carboxylic acids is 1. The van der Waals surface area contributed by atoms with E-state index in [9.17, 15) is 9.59 Å². The molecule has 110 valence electrons. The number of halogens is 1. The number of aryl methyl sites for hydroxylation is 1. The Hall–Kier alpha value is -1.93. The molecule has 1 aromatic heterocycles. The number of hydrogen-bond acceptors (Lipinski definition) is 4. The fourth-order valence-corrected chi connectivity index (χ4v) is 2.76. The van der Waals surface area contributed by atoms with Gasteiger partial charge in [0.1, 0.15) is 5.01 Å². The summed E-state index contributed by atoms with van der Waals surface area (Å²) in [4.78, 5) is 26.4. The molecule has 1 heterocycles. The molecule has 0 bridgehead atoms. The highest BCUT2D eigenvalue weighted by atomic mass is 79.9. The lowest BCUT2D eigenvalue weighted by atomic mass is 10.2. The van der Waals surface area contributed by atoms with Gasteiger partial charge in [0.2, 0.25) is 0 Å². The molecule has 0 spiro atoms. The van der Waals surface area contributed by atoms with Crippen molar-refractivity contribution in [1.29, 1.82) is 0 Å². The van der Waals surface area contributed by atoms with Gasteiger partial charge in [-0.1, -0.05) is 15.9 Å². The topological polar surface area (TPSA) is 91.3 Å². The zero-order valence-corrected chi connectivity index (χ0v) is 13.4. The Bertz CT molecular complexity index is 687. The van der Waals surface area contributed by atoms with E-state index in [0.717, 1.165) is 10.0 Å². The van der Waals surface area contributed by atoms with Crippen molar-refractivity contribution in [2.24, 2.45) is 0 Å². The normalized spacial score (nSPS) is 10.2. The zero-order valence-electron chi connectivity index (χ0n) is 11.0. The Labute approximate surface area is 133 Å². The Morgan fingerprint density at radius 3 is 2.81 bits per heavy atom. The van der Waals surface area contributed by atoms with Crippen molar-refractivity contribution in [1.82, 2.24) is 10.3 Å². The number of urea groups is 1. The van der Waals surface area contributed by atoms with Gasteiger partial charge < -0.3 is 15.7 Å². The van der Waals surface area contributed by atoms with Crippen molar-refractivity contribution in [3.8, 4) is 0 Å². The molecule has 0 atom stereocenters. The van der Waals surface area contributed by atoms with E-state index in [-0.39, 0.29) is 18.3 Å². The van der Waals surface area contributed by atoms with Crippen LogP contribution in [0.1, 0.15) is 21.1 Å². The van der Waals surface area contributed by atoms with Gasteiger partial charge in [-0.05, 0) is 30.7 Å². The Morgan fingerprint density at radius 1 is 1.43 bits per heavy atom. The summed E-state index contributed by atoms with van der Waals surface area (Å²) in [5.74, 6) is -1.08. The van der Waals surface area contributed by atoms with Gasteiger partial charge in [0.05, 0.1) is 6.54 Å². The highest BCUT2D eigenvalue weighted by Gasteiger charge is 2.10. The van der Waals surface area contributed by atoms with E-state index in [0.29, 0.717) is 10.7 Å². The van der Waals surface area contributed by atoms with Gasteiger partial charge in [-0.2, -0.15) is 0 Å². The van der Waals surface area contributed by atoms with Gasteiger partial charge in [-0.15, -0.1) is 11.3 Å². The minimum absolute atomic E-state index is 0.0130. The smallest absolute Gasteiger partial charge is 0.355 e. The molecule has 1 aromatic carbocycles. The second kappa shape index (κ2) is 6.68. The standard InChI is InChI=1S/C13H12BrN3O3S/c1-7-4-8(14)2-3-9(7)17-13(20)15-5-11-16-10(6-21-11)12(18)19/h2-4,6H,5H2,1H3,(H,18,19)(H2,15,17,20). The molecule has 0 fully saturated rings. The third-order valence-corrected chi connectivity index (χ3v) is 3.95. The molecule has 2 amide bonds. The lowest BCUT2D eigenvalue weighted by Gasteiger charge is -2.09. The van der Waals surface area contributed by atoms with E-state index in [1.807, 2.05) is 19.1 Å². The third kappa shape index (κ3) is 4.27. The average Bonchev–Trinajstić information content (AvgIpc) is 2.89. The molecule has 0 aliphatic heterocycles. The second-order valence-corrected chi connectivity index (χ2v) is 6.06. The highest BCUT2D eigenvalue weighted by Crippen LogP contribution is 2.19. The number of carboxylic acids is 1. The minimum atomic E-state index is -1.08. The molecule has 0 unspecified atom stereocenters. The highest BCUT2D eigenvalue weighted by molar-refractivity contribution is 9.10. The molecule has 21 heavy (non-hydrogen) atoms. The average molecular weight is 370 g/mol. The number of carbonyl (C=O) groups is 2. The maximum atomic E-state index is 11.8. The number of rotatable bonds is 4. The Balaban J connectivity index is 1.91. The number of anilines is 1. The van der Waals surface area contributed by atoms with Crippen LogP contribution in [-0.4, -0.2) is 22.1 Å². The molecule has 0 saturated carbocycles. The summed E-state index contributed by atoms with van der Waals surface area (Å²) in [6, 6.07) is 5.16. The van der Waals surface area contributed by atoms with E-state index in [4.69, 9.17) is 5.11 Å². The molecule has 2 aromatic rings. The first-order chi connectivity index (χ1) is 9.95. The van der Waals surface area contributed by atoms with Crippen LogP contribution in [0.3, 0.4) is 0 Å². The van der Waals surface area contributed by atoms with Crippen molar-refractivity contribution in [3.63, 3.8) is 0 Å². The first kappa shape index (κ1) is 15.5. The maximum Gasteiger partial charge on any atom is 0.355 e. The number of carbonyl (C=O) groups excluding carboxylic acids is 1. The van der Waals surface area contributed by atoms with Crippen LogP contribution in [0.2, 0.25) is 0 Å². The molecule has 0 radical (unpaired) electrons. The molecule has 6 nitrogen and oxygen atoms in total. The van der Waals surface area contributed by atoms with Crippen molar-refractivity contribution >= 4 is 45.0 Å². The molecule has 8 heteroatoms. The molecule has 0 saturated heterocycles. The van der Waals surface area contributed by atoms with Crippen LogP contribution < -0.4 is 10.6 Å². The van der Waals surface area contributed by atoms with E-state index >= 15 is 0 Å². The maximum absolute atomic E-state index is 11.8. The number of carboxylic acid groups (broad SMARTS) is 1. The van der Waals surface area contributed by atoms with Gasteiger partial charge in [0.15, 0.2) is 5.69 Å². The molecular weight excluding hydrogens is 358 g/mol. The Kier molecular flexibility index (Phi) is 4.92. The van der Waals surface area contributed by atoms with E-state index in [1.165, 1.54) is 16.7 Å². The second-order valence-electron chi connectivity index (χ2n) is 4.20. The van der Waals surface area contributed by atoms with Crippen molar-refractivity contribution in [2.75, 3.05) is 5.32 Å². The number of aromatic nitrogens is 1. The third-order valence-electron chi connectivity index (χ3n) is 2.61. The number of thiazole rings is 1. The molecule has 3 N–H and O–H groups in total. The largest absolute Gasteiger partial charge is 0.476 e. The summed E-state index contributed by atoms with van der Waals surface area (Å²) in [6.45, 7) is 2.07. The Morgan fingerprint density at radius 2 is 2.19 bits per heavy atom. The van der Waals surface area contributed by atoms with Crippen LogP contribution in [0.4, 0.5) is 10.5 Å². The van der Waals surface area contributed by atoms with E-state index in [1.54, 1.807) is 6.07 Å². The zero-order chi connectivity index (χ0) is 15.4. The lowest BCUT2D eigenvalue weighted by molar-refractivity contribution is 0.0691. The fourth-order valence-electron chi connectivity index (χ4n) is 1.58. The summed E-state index contributed by atoms with van der Waals surface area (Å²) < 4.78 is 0.940. The first-order valence-electron chi connectivity index (χ1n) is 5.94. The van der Waals surface area contributed by atoms with Crippen LogP contribution in [0.5, 0.6) is 0 Å². The van der Waals surface area contributed by atoms with Crippen molar-refractivity contribution < 1.29 is 14.7 Å². The number of benzene rings is 1.